The van der Waals surface area contributed by atoms with Gasteiger partial charge in [0.2, 0.25) is 5.88 Å². The van der Waals surface area contributed by atoms with Crippen molar-refractivity contribution in [2.24, 2.45) is 5.10 Å². The lowest BCUT2D eigenvalue weighted by Crippen LogP contribution is -2.25. The number of hydrazone groups is 1. The minimum absolute atomic E-state index is 0.135. The van der Waals surface area contributed by atoms with Crippen molar-refractivity contribution in [2.45, 2.75) is 0 Å². The van der Waals surface area contributed by atoms with Gasteiger partial charge in [-0.25, -0.2) is 4.79 Å². The van der Waals surface area contributed by atoms with E-state index in [0.717, 1.165) is 10.7 Å². The van der Waals surface area contributed by atoms with E-state index in [4.69, 9.17) is 0 Å². The van der Waals surface area contributed by atoms with Gasteiger partial charge < -0.3 is 5.11 Å². The SMILES string of the molecule is O=c1[nH]c(O)c(/C=N\Nc2ccc(Br)cc2)c(=O)[nH]1. The van der Waals surface area contributed by atoms with E-state index in [2.05, 4.69) is 31.4 Å². The number of H-pyrrole nitrogens is 2. The van der Waals surface area contributed by atoms with E-state index in [0.29, 0.717) is 5.69 Å². The minimum Gasteiger partial charge on any atom is -0.494 e. The van der Waals surface area contributed by atoms with Crippen LogP contribution in [0.2, 0.25) is 0 Å². The van der Waals surface area contributed by atoms with E-state index in [-0.39, 0.29) is 5.56 Å². The van der Waals surface area contributed by atoms with Gasteiger partial charge in [-0.3, -0.25) is 20.2 Å². The number of aromatic nitrogens is 2. The van der Waals surface area contributed by atoms with Crippen molar-refractivity contribution < 1.29 is 5.11 Å². The van der Waals surface area contributed by atoms with Gasteiger partial charge in [0.05, 0.1) is 11.9 Å². The molecule has 1 aromatic carbocycles. The number of hydrogen-bond acceptors (Lipinski definition) is 5. The number of hydrogen-bond donors (Lipinski definition) is 4. The summed E-state index contributed by atoms with van der Waals surface area (Å²) < 4.78 is 0.928. The first kappa shape index (κ1) is 13.1. The molecule has 0 aliphatic heterocycles. The second-order valence-corrected chi connectivity index (χ2v) is 4.46. The van der Waals surface area contributed by atoms with Crippen molar-refractivity contribution >= 4 is 27.8 Å². The molecule has 0 aliphatic carbocycles. The molecule has 19 heavy (non-hydrogen) atoms. The summed E-state index contributed by atoms with van der Waals surface area (Å²) in [6.07, 6.45) is 1.12. The standard InChI is InChI=1S/C11H9BrN4O3/c12-6-1-3-7(4-2-6)16-13-5-8-9(17)14-11(19)15-10(8)18/h1-5,16H,(H3,14,15,17,18,19)/b13-5-. The van der Waals surface area contributed by atoms with Crippen LogP contribution in [0.15, 0.2) is 43.4 Å². The van der Waals surface area contributed by atoms with E-state index < -0.39 is 17.1 Å². The van der Waals surface area contributed by atoms with Gasteiger partial charge in [-0.2, -0.15) is 5.10 Å². The number of nitrogens with zero attached hydrogens (tertiary/aromatic N) is 1. The second-order valence-electron chi connectivity index (χ2n) is 3.55. The molecule has 98 valence electrons. The number of halogens is 1. The smallest absolute Gasteiger partial charge is 0.328 e. The maximum Gasteiger partial charge on any atom is 0.328 e. The zero-order valence-corrected chi connectivity index (χ0v) is 11.1. The molecular weight excluding hydrogens is 316 g/mol. The molecule has 0 atom stereocenters. The molecular formula is C11H9BrN4O3. The number of aromatic amines is 2. The van der Waals surface area contributed by atoms with Crippen molar-refractivity contribution in [1.82, 2.24) is 9.97 Å². The molecule has 0 radical (unpaired) electrons. The fourth-order valence-corrected chi connectivity index (χ4v) is 1.56. The van der Waals surface area contributed by atoms with Crippen molar-refractivity contribution in [1.29, 1.82) is 0 Å². The van der Waals surface area contributed by atoms with E-state index in [1.165, 1.54) is 0 Å². The monoisotopic (exact) mass is 324 g/mol. The molecule has 8 heteroatoms. The largest absolute Gasteiger partial charge is 0.494 e. The lowest BCUT2D eigenvalue weighted by Gasteiger charge is -2.00. The number of aromatic hydroxyl groups is 1. The Balaban J connectivity index is 2.18. The average molecular weight is 325 g/mol. The third-order valence-electron chi connectivity index (χ3n) is 2.19. The lowest BCUT2D eigenvalue weighted by atomic mass is 10.3. The summed E-state index contributed by atoms with van der Waals surface area (Å²) in [6.45, 7) is 0. The summed E-state index contributed by atoms with van der Waals surface area (Å²) in [5.41, 5.74) is 1.76. The summed E-state index contributed by atoms with van der Waals surface area (Å²) in [7, 11) is 0. The molecule has 2 rings (SSSR count). The Morgan fingerprint density at radius 2 is 1.89 bits per heavy atom. The third kappa shape index (κ3) is 3.32. The van der Waals surface area contributed by atoms with Crippen molar-refractivity contribution in [3.63, 3.8) is 0 Å². The highest BCUT2D eigenvalue weighted by atomic mass is 79.9. The first-order chi connectivity index (χ1) is 9.06. The van der Waals surface area contributed by atoms with Crippen LogP contribution in [0, 0.1) is 0 Å². The van der Waals surface area contributed by atoms with E-state index >= 15 is 0 Å². The minimum atomic E-state index is -0.777. The highest BCUT2D eigenvalue weighted by Crippen LogP contribution is 2.13. The summed E-state index contributed by atoms with van der Waals surface area (Å²) in [5, 5.41) is 13.2. The Labute approximate surface area is 115 Å². The molecule has 0 fully saturated rings. The predicted molar refractivity (Wildman–Crippen MR) is 74.7 cm³/mol. The quantitative estimate of drug-likeness (QED) is 0.498. The van der Waals surface area contributed by atoms with Crippen molar-refractivity contribution in [3.05, 3.63) is 55.1 Å². The van der Waals surface area contributed by atoms with Gasteiger partial charge in [0.1, 0.15) is 5.56 Å². The van der Waals surface area contributed by atoms with Crippen LogP contribution in [0.4, 0.5) is 5.69 Å². The molecule has 0 aliphatic rings. The van der Waals surface area contributed by atoms with Gasteiger partial charge >= 0.3 is 5.69 Å². The Hall–Kier alpha value is -2.35. The van der Waals surface area contributed by atoms with Crippen LogP contribution >= 0.6 is 15.9 Å². The van der Waals surface area contributed by atoms with E-state index in [1.807, 2.05) is 17.1 Å². The molecule has 4 N–H and O–H groups in total. The van der Waals surface area contributed by atoms with Gasteiger partial charge in [0, 0.05) is 4.47 Å². The molecule has 1 heterocycles. The van der Waals surface area contributed by atoms with Gasteiger partial charge in [-0.1, -0.05) is 15.9 Å². The average Bonchev–Trinajstić information content (AvgIpc) is 2.34. The fraction of sp³-hybridized carbons (Fsp3) is 0. The molecule has 0 amide bonds. The molecule has 0 saturated heterocycles. The normalized spacial score (nSPS) is 10.8. The van der Waals surface area contributed by atoms with Crippen LogP contribution < -0.4 is 16.7 Å². The molecule has 1 aromatic heterocycles. The van der Waals surface area contributed by atoms with Crippen LogP contribution in [0.5, 0.6) is 5.88 Å². The molecule has 0 unspecified atom stereocenters. The molecule has 0 saturated carbocycles. The highest BCUT2D eigenvalue weighted by Gasteiger charge is 2.04. The van der Waals surface area contributed by atoms with Crippen LogP contribution in [0.3, 0.4) is 0 Å². The van der Waals surface area contributed by atoms with E-state index in [1.54, 1.807) is 12.1 Å². The molecule has 2 aromatic rings. The fourth-order valence-electron chi connectivity index (χ4n) is 1.30. The first-order valence-corrected chi connectivity index (χ1v) is 5.96. The molecule has 0 bridgehead atoms. The summed E-state index contributed by atoms with van der Waals surface area (Å²) >= 11 is 3.30. The summed E-state index contributed by atoms with van der Waals surface area (Å²) in [5.74, 6) is -0.532. The van der Waals surface area contributed by atoms with Gasteiger partial charge in [-0.15, -0.1) is 0 Å². The van der Waals surface area contributed by atoms with Crippen LogP contribution in [0.25, 0.3) is 0 Å². The zero-order chi connectivity index (χ0) is 13.8. The van der Waals surface area contributed by atoms with E-state index in [9.17, 15) is 14.7 Å². The maximum absolute atomic E-state index is 11.4. The summed E-state index contributed by atoms with van der Waals surface area (Å²) in [6, 6.07) is 7.20. The van der Waals surface area contributed by atoms with Crippen LogP contribution in [-0.2, 0) is 0 Å². The summed E-state index contributed by atoms with van der Waals surface area (Å²) in [4.78, 5) is 26.3. The van der Waals surface area contributed by atoms with Gasteiger partial charge in [-0.05, 0) is 24.3 Å². The van der Waals surface area contributed by atoms with Crippen LogP contribution in [-0.4, -0.2) is 21.3 Å². The Bertz CT molecular complexity index is 718. The molecule has 7 nitrogen and oxygen atoms in total. The third-order valence-corrected chi connectivity index (χ3v) is 2.72. The van der Waals surface area contributed by atoms with Crippen molar-refractivity contribution in [2.75, 3.05) is 5.43 Å². The number of benzene rings is 1. The van der Waals surface area contributed by atoms with Gasteiger partial charge in [0.15, 0.2) is 0 Å². The predicted octanol–water partition coefficient (Wildman–Crippen LogP) is 0.977. The van der Waals surface area contributed by atoms with Crippen LogP contribution in [0.1, 0.15) is 5.56 Å². The number of anilines is 1. The number of nitrogens with one attached hydrogen (secondary N) is 3. The zero-order valence-electron chi connectivity index (χ0n) is 9.48. The Morgan fingerprint density at radius 1 is 1.21 bits per heavy atom. The highest BCUT2D eigenvalue weighted by molar-refractivity contribution is 9.10. The topological polar surface area (TPSA) is 110 Å². The number of rotatable bonds is 3. The Kier molecular flexibility index (Phi) is 3.81. The van der Waals surface area contributed by atoms with Crippen molar-refractivity contribution in [3.8, 4) is 5.88 Å². The second kappa shape index (κ2) is 5.53. The lowest BCUT2D eigenvalue weighted by molar-refractivity contribution is 0.447. The maximum atomic E-state index is 11.4. The van der Waals surface area contributed by atoms with Gasteiger partial charge in [0.25, 0.3) is 5.56 Å². The molecule has 0 spiro atoms. The first-order valence-electron chi connectivity index (χ1n) is 5.16. The Morgan fingerprint density at radius 3 is 2.53 bits per heavy atom.